The van der Waals surface area contributed by atoms with Crippen molar-refractivity contribution in [2.75, 3.05) is 6.61 Å². The quantitative estimate of drug-likeness (QED) is 0.318. The number of Topliss-reactive ketones (excluding diaryl/α,β-unsaturated/α-hetero) is 1. The van der Waals surface area contributed by atoms with Gasteiger partial charge in [0.2, 0.25) is 0 Å². The lowest BCUT2D eigenvalue weighted by molar-refractivity contribution is -0.141. The molecule has 2 aliphatic rings. The van der Waals surface area contributed by atoms with Gasteiger partial charge in [-0.25, -0.2) is 4.79 Å². The molecule has 1 aliphatic heterocycles. The van der Waals surface area contributed by atoms with Crippen LogP contribution in [-0.4, -0.2) is 36.7 Å². The largest absolute Gasteiger partial charge is 0.461 e. The maximum absolute atomic E-state index is 12.8. The van der Waals surface area contributed by atoms with Gasteiger partial charge in [-0.3, -0.25) is 14.4 Å². The van der Waals surface area contributed by atoms with Crippen molar-refractivity contribution in [2.24, 2.45) is 17.8 Å². The summed E-state index contributed by atoms with van der Waals surface area (Å²) in [5.74, 6) is -1.84. The zero-order valence-corrected chi connectivity index (χ0v) is 16.0. The fourth-order valence-electron chi connectivity index (χ4n) is 3.45. The van der Waals surface area contributed by atoms with Gasteiger partial charge in [-0.1, -0.05) is 32.6 Å². The van der Waals surface area contributed by atoms with Gasteiger partial charge in [0.25, 0.3) is 0 Å². The molecule has 1 saturated heterocycles. The number of carbonyl (C=O) groups excluding carboxylic acids is 4. The molecule has 0 spiro atoms. The molecule has 0 saturated carbocycles. The van der Waals surface area contributed by atoms with E-state index in [-0.39, 0.29) is 24.2 Å². The average Bonchev–Trinajstić information content (AvgIpc) is 2.88. The number of allylic oxidation sites excluding steroid dienone is 2. The normalized spacial score (nSPS) is 29.7. The van der Waals surface area contributed by atoms with Gasteiger partial charge in [-0.2, -0.15) is 0 Å². The molecule has 0 unspecified atom stereocenters. The Morgan fingerprint density at radius 3 is 2.63 bits per heavy atom. The highest BCUT2D eigenvalue weighted by molar-refractivity contribution is 5.91. The summed E-state index contributed by atoms with van der Waals surface area (Å²) in [6, 6.07) is 0. The SMILES string of the molecule is C=C1C(=O)O[C@H]2C/C(C=O)=C\C[C@@H](C(=O)C(C)C)/C(COC(C)=O)=C/C[C@H]12. The highest BCUT2D eigenvalue weighted by atomic mass is 16.6. The van der Waals surface area contributed by atoms with Crippen molar-refractivity contribution < 1.29 is 28.7 Å². The molecule has 3 atom stereocenters. The predicted molar refractivity (Wildman–Crippen MR) is 98.6 cm³/mol. The van der Waals surface area contributed by atoms with Gasteiger partial charge >= 0.3 is 11.9 Å². The third kappa shape index (κ3) is 5.02. The van der Waals surface area contributed by atoms with Gasteiger partial charge in [0.05, 0.1) is 0 Å². The third-order valence-electron chi connectivity index (χ3n) is 5.06. The van der Waals surface area contributed by atoms with E-state index < -0.39 is 24.0 Å². The van der Waals surface area contributed by atoms with Crippen LogP contribution in [0.3, 0.4) is 0 Å². The van der Waals surface area contributed by atoms with Crippen molar-refractivity contribution in [3.8, 4) is 0 Å². The van der Waals surface area contributed by atoms with E-state index >= 15 is 0 Å². The van der Waals surface area contributed by atoms with Crippen LogP contribution in [0.25, 0.3) is 0 Å². The van der Waals surface area contributed by atoms with Gasteiger partial charge in [-0.05, 0) is 24.0 Å². The van der Waals surface area contributed by atoms with Crippen molar-refractivity contribution in [1.29, 1.82) is 0 Å². The highest BCUT2D eigenvalue weighted by Gasteiger charge is 2.39. The molecule has 1 fully saturated rings. The molecule has 0 N–H and O–H groups in total. The molecule has 0 amide bonds. The Bertz CT molecular complexity index is 712. The Kier molecular flexibility index (Phi) is 6.88. The number of hydrogen-bond donors (Lipinski definition) is 0. The molecule has 1 aliphatic carbocycles. The van der Waals surface area contributed by atoms with Crippen molar-refractivity contribution >= 4 is 24.0 Å². The Balaban J connectivity index is 2.43. The maximum atomic E-state index is 12.8. The van der Waals surface area contributed by atoms with Crippen LogP contribution in [0, 0.1) is 17.8 Å². The molecule has 1 heterocycles. The summed E-state index contributed by atoms with van der Waals surface area (Å²) in [5.41, 5.74) is 1.53. The number of esters is 2. The van der Waals surface area contributed by atoms with Crippen molar-refractivity contribution in [3.05, 3.63) is 35.5 Å². The third-order valence-corrected chi connectivity index (χ3v) is 5.06. The molecule has 0 aromatic carbocycles. The van der Waals surface area contributed by atoms with Gasteiger partial charge < -0.3 is 9.47 Å². The maximum Gasteiger partial charge on any atom is 0.334 e. The molecular weight excluding hydrogens is 348 g/mol. The van der Waals surface area contributed by atoms with Crippen molar-refractivity contribution in [1.82, 2.24) is 0 Å². The standard InChI is InChI=1S/C21H26O6/c1-12(2)20(24)18-7-5-15(10-22)9-19-17(13(3)21(25)27-19)8-6-16(18)11-26-14(4)23/h5-6,10,12,17-19H,3,7-9,11H2,1-2,4H3/b15-5+,16-6+/t17-,18-,19+/m1/s1. The van der Waals surface area contributed by atoms with Crippen LogP contribution in [0.15, 0.2) is 35.5 Å². The fourth-order valence-corrected chi connectivity index (χ4v) is 3.45. The van der Waals surface area contributed by atoms with Gasteiger partial charge in [-0.15, -0.1) is 0 Å². The summed E-state index contributed by atoms with van der Waals surface area (Å²) in [5, 5.41) is 0. The number of ether oxygens (including phenoxy) is 2. The fraction of sp³-hybridized carbons (Fsp3) is 0.524. The van der Waals surface area contributed by atoms with E-state index in [0.29, 0.717) is 36.0 Å². The molecule has 0 aromatic rings. The first-order valence-corrected chi connectivity index (χ1v) is 9.14. The topological polar surface area (TPSA) is 86.7 Å². The molecule has 146 valence electrons. The Morgan fingerprint density at radius 1 is 1.33 bits per heavy atom. The lowest BCUT2D eigenvalue weighted by Crippen LogP contribution is -2.26. The number of hydrogen-bond acceptors (Lipinski definition) is 6. The minimum absolute atomic E-state index is 0.00138. The molecule has 0 aromatic heterocycles. The summed E-state index contributed by atoms with van der Waals surface area (Å²) in [6.07, 6.45) is 4.93. The lowest BCUT2D eigenvalue weighted by atomic mass is 9.81. The molecule has 2 rings (SSSR count). The van der Waals surface area contributed by atoms with Crippen molar-refractivity contribution in [3.63, 3.8) is 0 Å². The van der Waals surface area contributed by atoms with E-state index in [4.69, 9.17) is 9.47 Å². The number of ketones is 1. The molecule has 0 radical (unpaired) electrons. The van der Waals surface area contributed by atoms with Crippen LogP contribution in [0.5, 0.6) is 0 Å². The second kappa shape index (κ2) is 8.93. The zero-order valence-electron chi connectivity index (χ0n) is 16.0. The van der Waals surface area contributed by atoms with E-state index in [1.807, 2.05) is 19.9 Å². The summed E-state index contributed by atoms with van der Waals surface area (Å²) in [7, 11) is 0. The Labute approximate surface area is 159 Å². The summed E-state index contributed by atoms with van der Waals surface area (Å²) in [4.78, 5) is 47.4. The first-order valence-electron chi connectivity index (χ1n) is 9.14. The predicted octanol–water partition coefficient (Wildman–Crippen LogP) is 2.72. The van der Waals surface area contributed by atoms with Gasteiger partial charge in [0.1, 0.15) is 24.8 Å². The Morgan fingerprint density at radius 2 is 2.04 bits per heavy atom. The lowest BCUT2D eigenvalue weighted by Gasteiger charge is -2.24. The molecule has 27 heavy (non-hydrogen) atoms. The first kappa shape index (κ1) is 20.8. The van der Waals surface area contributed by atoms with Gasteiger partial charge in [0, 0.05) is 36.7 Å². The van der Waals surface area contributed by atoms with Crippen LogP contribution in [0.1, 0.15) is 40.0 Å². The van der Waals surface area contributed by atoms with E-state index in [1.54, 1.807) is 6.08 Å². The summed E-state index contributed by atoms with van der Waals surface area (Å²) in [6.45, 7) is 8.76. The van der Waals surface area contributed by atoms with E-state index in [1.165, 1.54) is 6.92 Å². The average molecular weight is 374 g/mol. The minimum atomic E-state index is -0.484. The van der Waals surface area contributed by atoms with E-state index in [0.717, 1.165) is 6.29 Å². The number of fused-ring (bicyclic) bond motifs is 1. The first-order chi connectivity index (χ1) is 12.7. The molecule has 6 heteroatoms. The Hall–Kier alpha value is -2.50. The minimum Gasteiger partial charge on any atom is -0.461 e. The van der Waals surface area contributed by atoms with E-state index in [2.05, 4.69) is 6.58 Å². The second-order valence-corrected chi connectivity index (χ2v) is 7.32. The smallest absolute Gasteiger partial charge is 0.334 e. The molecule has 0 bridgehead atoms. The van der Waals surface area contributed by atoms with E-state index in [9.17, 15) is 19.2 Å². The number of rotatable bonds is 5. The van der Waals surface area contributed by atoms with Crippen LogP contribution in [-0.2, 0) is 28.7 Å². The monoisotopic (exact) mass is 374 g/mol. The van der Waals surface area contributed by atoms with Gasteiger partial charge in [0.15, 0.2) is 0 Å². The highest BCUT2D eigenvalue weighted by Crippen LogP contribution is 2.35. The molecular formula is C21H26O6. The van der Waals surface area contributed by atoms with Crippen LogP contribution in [0.2, 0.25) is 0 Å². The summed E-state index contributed by atoms with van der Waals surface area (Å²) < 4.78 is 10.5. The second-order valence-electron chi connectivity index (χ2n) is 7.32. The van der Waals surface area contributed by atoms with Crippen LogP contribution >= 0.6 is 0 Å². The molecule has 6 nitrogen and oxygen atoms in total. The summed E-state index contributed by atoms with van der Waals surface area (Å²) >= 11 is 0. The van der Waals surface area contributed by atoms with Crippen LogP contribution < -0.4 is 0 Å². The number of carbonyl (C=O) groups is 4. The van der Waals surface area contributed by atoms with Crippen molar-refractivity contribution in [2.45, 2.75) is 46.1 Å². The zero-order chi connectivity index (χ0) is 20.1. The van der Waals surface area contributed by atoms with Crippen LogP contribution in [0.4, 0.5) is 0 Å². The number of aldehydes is 1.